The number of nitrogens with zero attached hydrogens (tertiary/aromatic N) is 2. The van der Waals surface area contributed by atoms with Crippen molar-refractivity contribution in [1.29, 1.82) is 0 Å². The molecule has 1 aromatic carbocycles. The third kappa shape index (κ3) is 2.41. The number of carbonyl (C=O) groups excluding carboxylic acids is 1. The fourth-order valence-electron chi connectivity index (χ4n) is 1.81. The van der Waals surface area contributed by atoms with Gasteiger partial charge in [0.1, 0.15) is 17.9 Å². The maximum atomic E-state index is 13.2. The number of imidazole rings is 1. The summed E-state index contributed by atoms with van der Waals surface area (Å²) in [6.07, 6.45) is 4.79. The third-order valence-electron chi connectivity index (χ3n) is 2.72. The van der Waals surface area contributed by atoms with Gasteiger partial charge in [-0.05, 0) is 30.7 Å². The van der Waals surface area contributed by atoms with E-state index in [-0.39, 0.29) is 5.82 Å². The van der Waals surface area contributed by atoms with Crippen molar-refractivity contribution in [3.63, 3.8) is 0 Å². The number of carbonyl (C=O) groups is 1. The molecule has 0 bridgehead atoms. The Labute approximate surface area is 98.9 Å². The Hall–Kier alpha value is -1.97. The molecule has 0 amide bonds. The summed E-state index contributed by atoms with van der Waals surface area (Å²) in [5.41, 5.74) is 1.18. The number of rotatable bonds is 4. The van der Waals surface area contributed by atoms with Gasteiger partial charge in [-0.15, -0.1) is 0 Å². The van der Waals surface area contributed by atoms with Crippen LogP contribution in [0.4, 0.5) is 4.39 Å². The van der Waals surface area contributed by atoms with Crippen LogP contribution in [0.25, 0.3) is 0 Å². The van der Waals surface area contributed by atoms with Crippen molar-refractivity contribution in [2.24, 2.45) is 0 Å². The van der Waals surface area contributed by atoms with Crippen LogP contribution in [0.5, 0.6) is 0 Å². The molecule has 0 aliphatic carbocycles. The standard InChI is InChI=1S/C13H13FN2O/c1-2-16-6-5-15-13(16)8-11-7-12(14)4-3-10(11)9-17/h3-7,9H,2,8H2,1H3. The van der Waals surface area contributed by atoms with Gasteiger partial charge in [0.15, 0.2) is 0 Å². The third-order valence-corrected chi connectivity index (χ3v) is 2.72. The van der Waals surface area contributed by atoms with Crippen LogP contribution in [0.15, 0.2) is 30.6 Å². The van der Waals surface area contributed by atoms with Gasteiger partial charge in [-0.25, -0.2) is 9.37 Å². The van der Waals surface area contributed by atoms with Gasteiger partial charge in [0.25, 0.3) is 0 Å². The molecule has 0 N–H and O–H groups in total. The number of aromatic nitrogens is 2. The van der Waals surface area contributed by atoms with Crippen molar-refractivity contribution in [3.8, 4) is 0 Å². The zero-order valence-electron chi connectivity index (χ0n) is 9.56. The maximum absolute atomic E-state index is 13.2. The quantitative estimate of drug-likeness (QED) is 0.759. The van der Waals surface area contributed by atoms with E-state index < -0.39 is 0 Å². The van der Waals surface area contributed by atoms with Crippen molar-refractivity contribution in [2.45, 2.75) is 19.9 Å². The van der Waals surface area contributed by atoms with E-state index in [9.17, 15) is 9.18 Å². The Morgan fingerprint density at radius 3 is 3.00 bits per heavy atom. The Morgan fingerprint density at radius 1 is 1.47 bits per heavy atom. The van der Waals surface area contributed by atoms with E-state index in [2.05, 4.69) is 4.98 Å². The summed E-state index contributed by atoms with van der Waals surface area (Å²) in [7, 11) is 0. The summed E-state index contributed by atoms with van der Waals surface area (Å²) < 4.78 is 15.1. The molecule has 0 saturated carbocycles. The summed E-state index contributed by atoms with van der Waals surface area (Å²) in [5.74, 6) is 0.501. The van der Waals surface area contributed by atoms with E-state index in [0.29, 0.717) is 17.5 Å². The lowest BCUT2D eigenvalue weighted by molar-refractivity contribution is 0.112. The van der Waals surface area contributed by atoms with Crippen LogP contribution in [0, 0.1) is 5.82 Å². The molecule has 0 radical (unpaired) electrons. The monoisotopic (exact) mass is 232 g/mol. The zero-order chi connectivity index (χ0) is 12.3. The van der Waals surface area contributed by atoms with E-state index in [4.69, 9.17) is 0 Å². The van der Waals surface area contributed by atoms with Gasteiger partial charge in [0.2, 0.25) is 0 Å². The molecule has 2 rings (SSSR count). The lowest BCUT2D eigenvalue weighted by atomic mass is 10.0. The molecule has 3 nitrogen and oxygen atoms in total. The van der Waals surface area contributed by atoms with Crippen molar-refractivity contribution in [3.05, 3.63) is 53.4 Å². The average molecular weight is 232 g/mol. The number of hydrogen-bond donors (Lipinski definition) is 0. The number of benzene rings is 1. The van der Waals surface area contributed by atoms with Gasteiger partial charge in [-0.1, -0.05) is 0 Å². The molecule has 0 unspecified atom stereocenters. The van der Waals surface area contributed by atoms with Crippen molar-refractivity contribution in [2.75, 3.05) is 0 Å². The van der Waals surface area contributed by atoms with Crippen LogP contribution in [0.3, 0.4) is 0 Å². The predicted molar refractivity (Wildman–Crippen MR) is 62.5 cm³/mol. The normalized spacial score (nSPS) is 10.5. The van der Waals surface area contributed by atoms with Crippen LogP contribution in [-0.2, 0) is 13.0 Å². The Balaban J connectivity index is 2.35. The molecule has 2 aromatic rings. The molecule has 88 valence electrons. The first kappa shape index (κ1) is 11.5. The first-order valence-electron chi connectivity index (χ1n) is 5.48. The molecule has 1 heterocycles. The Morgan fingerprint density at radius 2 is 2.29 bits per heavy atom. The van der Waals surface area contributed by atoms with E-state index in [1.165, 1.54) is 18.2 Å². The highest BCUT2D eigenvalue weighted by Gasteiger charge is 2.08. The highest BCUT2D eigenvalue weighted by atomic mass is 19.1. The summed E-state index contributed by atoms with van der Waals surface area (Å²) in [5, 5.41) is 0. The number of halogens is 1. The lowest BCUT2D eigenvalue weighted by Gasteiger charge is -2.07. The SMILES string of the molecule is CCn1ccnc1Cc1cc(F)ccc1C=O. The summed E-state index contributed by atoms with van der Waals surface area (Å²) in [4.78, 5) is 15.1. The van der Waals surface area contributed by atoms with Crippen LogP contribution < -0.4 is 0 Å². The first-order valence-corrected chi connectivity index (χ1v) is 5.48. The fourth-order valence-corrected chi connectivity index (χ4v) is 1.81. The van der Waals surface area contributed by atoms with E-state index in [1.54, 1.807) is 6.20 Å². The summed E-state index contributed by atoms with van der Waals surface area (Å²) in [6.45, 7) is 2.82. The largest absolute Gasteiger partial charge is 0.335 e. The minimum Gasteiger partial charge on any atom is -0.335 e. The number of aldehydes is 1. The van der Waals surface area contributed by atoms with Crippen LogP contribution in [0.1, 0.15) is 28.7 Å². The van der Waals surface area contributed by atoms with Gasteiger partial charge >= 0.3 is 0 Å². The van der Waals surface area contributed by atoms with Gasteiger partial charge in [-0.3, -0.25) is 4.79 Å². The zero-order valence-corrected chi connectivity index (χ0v) is 9.56. The number of hydrogen-bond acceptors (Lipinski definition) is 2. The number of aryl methyl sites for hydroxylation is 1. The topological polar surface area (TPSA) is 34.9 Å². The van der Waals surface area contributed by atoms with E-state index in [1.807, 2.05) is 17.7 Å². The van der Waals surface area contributed by atoms with Gasteiger partial charge in [-0.2, -0.15) is 0 Å². The maximum Gasteiger partial charge on any atom is 0.150 e. The second-order valence-corrected chi connectivity index (χ2v) is 3.77. The molecule has 0 saturated heterocycles. The van der Waals surface area contributed by atoms with E-state index in [0.717, 1.165) is 18.7 Å². The summed E-state index contributed by atoms with van der Waals surface area (Å²) in [6, 6.07) is 4.18. The highest BCUT2D eigenvalue weighted by molar-refractivity contribution is 5.77. The molecule has 0 atom stereocenters. The van der Waals surface area contributed by atoms with Crippen LogP contribution in [0.2, 0.25) is 0 Å². The summed E-state index contributed by atoms with van der Waals surface area (Å²) >= 11 is 0. The Bertz CT molecular complexity index is 534. The molecule has 0 aliphatic heterocycles. The minimum atomic E-state index is -0.333. The fraction of sp³-hybridized carbons (Fsp3) is 0.231. The Kier molecular flexibility index (Phi) is 3.32. The van der Waals surface area contributed by atoms with E-state index >= 15 is 0 Å². The van der Waals surface area contributed by atoms with Gasteiger partial charge in [0.05, 0.1) is 0 Å². The second-order valence-electron chi connectivity index (χ2n) is 3.77. The van der Waals surface area contributed by atoms with Crippen molar-refractivity contribution in [1.82, 2.24) is 9.55 Å². The molecular weight excluding hydrogens is 219 g/mol. The van der Waals surface area contributed by atoms with Crippen molar-refractivity contribution < 1.29 is 9.18 Å². The highest BCUT2D eigenvalue weighted by Crippen LogP contribution is 2.14. The minimum absolute atomic E-state index is 0.333. The molecule has 0 spiro atoms. The average Bonchev–Trinajstić information content (AvgIpc) is 2.77. The molecule has 4 heteroatoms. The molecule has 17 heavy (non-hydrogen) atoms. The van der Waals surface area contributed by atoms with Crippen molar-refractivity contribution >= 4 is 6.29 Å². The smallest absolute Gasteiger partial charge is 0.150 e. The van der Waals surface area contributed by atoms with Crippen LogP contribution in [-0.4, -0.2) is 15.8 Å². The van der Waals surface area contributed by atoms with Gasteiger partial charge < -0.3 is 4.57 Å². The predicted octanol–water partition coefficient (Wildman–Crippen LogP) is 2.45. The molecular formula is C13H13FN2O. The second kappa shape index (κ2) is 4.91. The van der Waals surface area contributed by atoms with Crippen LogP contribution >= 0.6 is 0 Å². The lowest BCUT2D eigenvalue weighted by Crippen LogP contribution is -2.04. The molecule has 1 aromatic heterocycles. The molecule has 0 fully saturated rings. The first-order chi connectivity index (χ1) is 8.24. The molecule has 0 aliphatic rings. The van der Waals surface area contributed by atoms with Gasteiger partial charge in [0, 0.05) is 30.9 Å².